The summed E-state index contributed by atoms with van der Waals surface area (Å²) >= 11 is 0. The molecule has 0 aromatic heterocycles. The molecule has 0 radical (unpaired) electrons. The summed E-state index contributed by atoms with van der Waals surface area (Å²) in [4.78, 5) is 12.5. The van der Waals surface area contributed by atoms with Crippen molar-refractivity contribution >= 4 is 27.5 Å². The zero-order chi connectivity index (χ0) is 16.2. The van der Waals surface area contributed by atoms with Crippen LogP contribution in [0.3, 0.4) is 0 Å². The number of hydrogen-bond acceptors (Lipinski definition) is 3. The molecule has 1 aromatic rings. The molecular weight excluding hydrogens is 314 g/mol. The Morgan fingerprint density at radius 3 is 2.74 bits per heavy atom. The average molecular weight is 335 g/mol. The molecule has 3 unspecified atom stereocenters. The van der Waals surface area contributed by atoms with Gasteiger partial charge in [-0.2, -0.15) is 8.42 Å². The van der Waals surface area contributed by atoms with Crippen molar-refractivity contribution in [2.24, 2.45) is 22.9 Å². The van der Waals surface area contributed by atoms with E-state index in [1.54, 1.807) is 6.07 Å². The number of carbonyl (C=O) groups is 1. The maximum Gasteiger partial charge on any atom is 0.299 e. The predicted octanol–water partition coefficient (Wildman–Crippen LogP) is 1.63. The maximum atomic E-state index is 12.5. The Morgan fingerprint density at radius 2 is 2.09 bits per heavy atom. The van der Waals surface area contributed by atoms with Crippen molar-refractivity contribution in [2.75, 3.05) is 16.2 Å². The van der Waals surface area contributed by atoms with Gasteiger partial charge in [0.1, 0.15) is 0 Å². The molecule has 7 heteroatoms. The van der Waals surface area contributed by atoms with Crippen LogP contribution in [0.2, 0.25) is 0 Å². The number of nitrogens with one attached hydrogen (secondary N) is 1. The van der Waals surface area contributed by atoms with Crippen LogP contribution in [-0.2, 0) is 21.4 Å². The molecule has 1 aromatic carbocycles. The van der Waals surface area contributed by atoms with E-state index < -0.39 is 10.2 Å². The molecule has 6 nitrogen and oxygen atoms in total. The summed E-state index contributed by atoms with van der Waals surface area (Å²) in [6.45, 7) is 0.359. The summed E-state index contributed by atoms with van der Waals surface area (Å²) in [7, 11) is -3.76. The number of amides is 1. The van der Waals surface area contributed by atoms with E-state index in [1.165, 1.54) is 17.1 Å². The lowest BCUT2D eigenvalue weighted by molar-refractivity contribution is -0.121. The second kappa shape index (κ2) is 5.21. The molecule has 3 atom stereocenters. The first kappa shape index (κ1) is 15.0. The zero-order valence-electron chi connectivity index (χ0n) is 12.9. The molecule has 23 heavy (non-hydrogen) atoms. The van der Waals surface area contributed by atoms with Gasteiger partial charge in [-0.25, -0.2) is 5.14 Å². The van der Waals surface area contributed by atoms with Crippen LogP contribution in [0.5, 0.6) is 0 Å². The van der Waals surface area contributed by atoms with E-state index in [1.807, 2.05) is 12.1 Å². The summed E-state index contributed by atoms with van der Waals surface area (Å²) in [6, 6.07) is 5.44. The van der Waals surface area contributed by atoms with Crippen LogP contribution in [0, 0.1) is 17.8 Å². The number of benzene rings is 1. The highest BCUT2D eigenvalue weighted by molar-refractivity contribution is 7.90. The van der Waals surface area contributed by atoms with Crippen LogP contribution in [0.4, 0.5) is 11.4 Å². The largest absolute Gasteiger partial charge is 0.326 e. The van der Waals surface area contributed by atoms with Crippen LogP contribution >= 0.6 is 0 Å². The topological polar surface area (TPSA) is 92.5 Å². The molecular formula is C16H21N3O3S. The second-order valence-corrected chi connectivity index (χ2v) is 8.45. The van der Waals surface area contributed by atoms with Crippen LogP contribution in [-0.4, -0.2) is 20.9 Å². The Morgan fingerprint density at radius 1 is 1.26 bits per heavy atom. The van der Waals surface area contributed by atoms with Gasteiger partial charge in [0.25, 0.3) is 10.2 Å². The lowest BCUT2D eigenvalue weighted by atomic mass is 9.88. The monoisotopic (exact) mass is 335 g/mol. The fraction of sp³-hybridized carbons (Fsp3) is 0.562. The maximum absolute atomic E-state index is 12.5. The number of rotatable bonds is 3. The van der Waals surface area contributed by atoms with Gasteiger partial charge >= 0.3 is 0 Å². The van der Waals surface area contributed by atoms with Crippen molar-refractivity contribution in [3.05, 3.63) is 23.8 Å². The number of nitrogens with two attached hydrogens (primary N) is 1. The lowest BCUT2D eigenvalue weighted by Crippen LogP contribution is -2.35. The predicted molar refractivity (Wildman–Crippen MR) is 88.2 cm³/mol. The minimum Gasteiger partial charge on any atom is -0.326 e. The molecule has 0 spiro atoms. The minimum absolute atomic E-state index is 0.0669. The Bertz CT molecular complexity index is 762. The van der Waals surface area contributed by atoms with E-state index in [9.17, 15) is 13.2 Å². The molecule has 2 saturated carbocycles. The number of fused-ring (bicyclic) bond motifs is 3. The molecule has 2 fully saturated rings. The summed E-state index contributed by atoms with van der Waals surface area (Å²) in [5, 5.41) is 8.23. The smallest absolute Gasteiger partial charge is 0.299 e. The van der Waals surface area contributed by atoms with Gasteiger partial charge in [-0.1, -0.05) is 12.5 Å². The third-order valence-corrected chi connectivity index (χ3v) is 6.58. The highest BCUT2D eigenvalue weighted by Gasteiger charge is 2.43. The van der Waals surface area contributed by atoms with Crippen LogP contribution in [0.15, 0.2) is 18.2 Å². The fourth-order valence-electron chi connectivity index (χ4n) is 4.49. The summed E-state index contributed by atoms with van der Waals surface area (Å²) < 4.78 is 24.5. The van der Waals surface area contributed by atoms with Crippen LogP contribution < -0.4 is 14.8 Å². The molecule has 1 amide bonds. The van der Waals surface area contributed by atoms with Gasteiger partial charge in [0.05, 0.1) is 5.69 Å². The summed E-state index contributed by atoms with van der Waals surface area (Å²) in [5.41, 5.74) is 2.17. The van der Waals surface area contributed by atoms with Crippen molar-refractivity contribution < 1.29 is 13.2 Å². The zero-order valence-corrected chi connectivity index (χ0v) is 13.7. The van der Waals surface area contributed by atoms with Crippen molar-refractivity contribution in [2.45, 2.75) is 32.1 Å². The van der Waals surface area contributed by atoms with Gasteiger partial charge < -0.3 is 5.32 Å². The van der Waals surface area contributed by atoms with Gasteiger partial charge in [-0.15, -0.1) is 0 Å². The number of nitrogens with zero attached hydrogens (tertiary/aromatic N) is 1. The van der Waals surface area contributed by atoms with Crippen molar-refractivity contribution in [3.8, 4) is 0 Å². The number of hydrogen-bond donors (Lipinski definition) is 2. The fourth-order valence-corrected chi connectivity index (χ4v) is 5.28. The first-order valence-corrected chi connectivity index (χ1v) is 9.66. The highest BCUT2D eigenvalue weighted by atomic mass is 32.2. The van der Waals surface area contributed by atoms with Gasteiger partial charge in [0, 0.05) is 18.2 Å². The van der Waals surface area contributed by atoms with E-state index >= 15 is 0 Å². The quantitative estimate of drug-likeness (QED) is 0.879. The normalized spacial score (nSPS) is 28.9. The van der Waals surface area contributed by atoms with Crippen molar-refractivity contribution in [1.82, 2.24) is 0 Å². The highest BCUT2D eigenvalue weighted by Crippen LogP contribution is 2.48. The number of anilines is 2. The van der Waals surface area contributed by atoms with Gasteiger partial charge in [0.2, 0.25) is 5.91 Å². The number of carbonyl (C=O) groups excluding carboxylic acids is 1. The minimum atomic E-state index is -3.76. The standard InChI is InChI=1S/C16H21N3O3S/c17-23(21,22)19-6-5-11-3-4-13(9-15(11)19)18-16(20)14-8-10-1-2-12(14)7-10/h3-4,9-10,12,14H,1-2,5-8H2,(H,18,20)(H2,17,21,22). The third-order valence-electron chi connectivity index (χ3n) is 5.59. The Labute approximate surface area is 136 Å². The van der Waals surface area contributed by atoms with Crippen LogP contribution in [0.1, 0.15) is 31.2 Å². The molecule has 2 aliphatic carbocycles. The van der Waals surface area contributed by atoms with Crippen molar-refractivity contribution in [3.63, 3.8) is 0 Å². The molecule has 124 valence electrons. The Kier molecular flexibility index (Phi) is 3.39. The SMILES string of the molecule is NS(=O)(=O)N1CCc2ccc(NC(=O)C3CC4CCC3C4)cc21. The van der Waals surface area contributed by atoms with E-state index in [0.29, 0.717) is 36.2 Å². The van der Waals surface area contributed by atoms with Gasteiger partial charge in [-0.3, -0.25) is 9.10 Å². The van der Waals surface area contributed by atoms with Crippen LogP contribution in [0.25, 0.3) is 0 Å². The van der Waals surface area contributed by atoms with Crippen molar-refractivity contribution in [1.29, 1.82) is 0 Å². The molecule has 1 aliphatic heterocycles. The molecule has 0 saturated heterocycles. The summed E-state index contributed by atoms with van der Waals surface area (Å²) in [5.74, 6) is 1.41. The van der Waals surface area contributed by atoms with E-state index in [4.69, 9.17) is 5.14 Å². The Balaban J connectivity index is 1.53. The molecule has 1 heterocycles. The van der Waals surface area contributed by atoms with Gasteiger partial charge in [0.15, 0.2) is 0 Å². The Hall–Kier alpha value is -1.60. The molecule has 2 bridgehead atoms. The lowest BCUT2D eigenvalue weighted by Gasteiger charge is -2.21. The third kappa shape index (κ3) is 2.61. The second-order valence-electron chi connectivity index (χ2n) is 6.98. The molecule has 3 aliphatic rings. The van der Waals surface area contributed by atoms with E-state index in [2.05, 4.69) is 5.32 Å². The average Bonchev–Trinajstić information content (AvgIpc) is 3.20. The van der Waals surface area contributed by atoms with Gasteiger partial charge in [-0.05, 0) is 55.2 Å². The first-order valence-electron chi connectivity index (χ1n) is 8.16. The van der Waals surface area contributed by atoms with E-state index in [-0.39, 0.29) is 11.8 Å². The van der Waals surface area contributed by atoms with E-state index in [0.717, 1.165) is 18.4 Å². The first-order chi connectivity index (χ1) is 10.9. The molecule has 4 rings (SSSR count). The molecule has 3 N–H and O–H groups in total. The summed E-state index contributed by atoms with van der Waals surface area (Å²) in [6.07, 6.45) is 5.24.